The van der Waals surface area contributed by atoms with E-state index >= 15 is 0 Å². The molecule has 33 heavy (non-hydrogen) atoms. The van der Waals surface area contributed by atoms with Gasteiger partial charge in [0, 0.05) is 22.8 Å². The van der Waals surface area contributed by atoms with E-state index in [-0.39, 0.29) is 10.7 Å². The molecule has 0 saturated heterocycles. The molecule has 2 nitrogen and oxygen atoms in total. The van der Waals surface area contributed by atoms with Crippen molar-refractivity contribution >= 4 is 13.9 Å². The van der Waals surface area contributed by atoms with Crippen LogP contribution in [0.15, 0.2) is 66.7 Å². The van der Waals surface area contributed by atoms with Crippen molar-refractivity contribution in [3.05, 3.63) is 94.5 Å². The Morgan fingerprint density at radius 3 is 2.27 bits per heavy atom. The second-order valence-electron chi connectivity index (χ2n) is 10.5. The Hall–Kier alpha value is -2.15. The summed E-state index contributed by atoms with van der Waals surface area (Å²) in [5, 5.41) is 15.9. The lowest BCUT2D eigenvalue weighted by Crippen LogP contribution is -2.36. The van der Waals surface area contributed by atoms with Crippen molar-refractivity contribution in [2.75, 3.05) is 0 Å². The summed E-state index contributed by atoms with van der Waals surface area (Å²) >= 11 is 0. The Kier molecular flexibility index (Phi) is 8.38. The zero-order chi connectivity index (χ0) is 24.1. The van der Waals surface area contributed by atoms with Gasteiger partial charge in [-0.2, -0.15) is 0 Å². The Balaban J connectivity index is 1.96. The van der Waals surface area contributed by atoms with Crippen LogP contribution < -0.4 is 10.6 Å². The first-order chi connectivity index (χ1) is 15.6. The Morgan fingerprint density at radius 2 is 1.61 bits per heavy atom. The highest BCUT2D eigenvalue weighted by molar-refractivity contribution is 7.48. The summed E-state index contributed by atoms with van der Waals surface area (Å²) < 4.78 is 0. The van der Waals surface area contributed by atoms with Crippen LogP contribution in [-0.4, -0.2) is 10.6 Å². The topological polar surface area (TPSA) is 32.3 Å². The van der Waals surface area contributed by atoms with Crippen LogP contribution in [0.2, 0.25) is 0 Å². The first-order valence-corrected chi connectivity index (χ1v) is 13.1. The summed E-state index contributed by atoms with van der Waals surface area (Å²) in [6.07, 6.45) is 2.99. The number of phenolic OH excluding ortho intramolecular Hbond substituents is 1. The summed E-state index contributed by atoms with van der Waals surface area (Å²) in [5.74, 6) is 0.414. The zero-order valence-corrected chi connectivity index (χ0v) is 22.1. The van der Waals surface area contributed by atoms with Gasteiger partial charge in [-0.25, -0.2) is 0 Å². The molecule has 0 aliphatic rings. The smallest absolute Gasteiger partial charge is 0.119 e. The maximum atomic E-state index is 11.0. The van der Waals surface area contributed by atoms with Gasteiger partial charge in [0.05, 0.1) is 0 Å². The van der Waals surface area contributed by atoms with Gasteiger partial charge in [-0.05, 0) is 68.6 Å². The minimum absolute atomic E-state index is 0.0703. The zero-order valence-electron chi connectivity index (χ0n) is 21.1. The molecular weight excluding hydrogens is 421 g/mol. The van der Waals surface area contributed by atoms with Gasteiger partial charge in [0.25, 0.3) is 0 Å². The number of aryl methyl sites for hydroxylation is 1. The fourth-order valence-electron chi connectivity index (χ4n) is 4.38. The van der Waals surface area contributed by atoms with Crippen molar-refractivity contribution in [2.24, 2.45) is 0 Å². The average molecular weight is 462 g/mol. The standard InChI is InChI=1S/C30H40NOP/c1-7-17-30(6,33-28-16-13-22(2)18-25(28)21-31-29(3,4)5)26-20-24(14-15-27(26)32)19-23-11-9-8-10-12-23/h8-16,18,20,31-33H,7,17,19,21H2,1-6H3. The maximum Gasteiger partial charge on any atom is 0.119 e. The van der Waals surface area contributed by atoms with Crippen molar-refractivity contribution in [1.29, 1.82) is 0 Å². The molecule has 2 unspecified atom stereocenters. The molecule has 3 aromatic rings. The van der Waals surface area contributed by atoms with Crippen LogP contribution in [-0.2, 0) is 18.1 Å². The van der Waals surface area contributed by atoms with Crippen molar-refractivity contribution < 1.29 is 5.11 Å². The number of benzene rings is 3. The van der Waals surface area contributed by atoms with Crippen LogP contribution in [0, 0.1) is 6.92 Å². The minimum atomic E-state index is -0.114. The lowest BCUT2D eigenvalue weighted by Gasteiger charge is -2.33. The van der Waals surface area contributed by atoms with Gasteiger partial charge in [0.15, 0.2) is 0 Å². The number of hydrogen-bond donors (Lipinski definition) is 2. The third kappa shape index (κ3) is 7.16. The SMILES string of the molecule is CCCC(C)(Pc1ccc(C)cc1CNC(C)(C)C)c1cc(Cc2ccccc2)ccc1O. The highest BCUT2D eigenvalue weighted by atomic mass is 31.1. The van der Waals surface area contributed by atoms with Crippen LogP contribution in [0.1, 0.15) is 75.3 Å². The van der Waals surface area contributed by atoms with Crippen molar-refractivity contribution in [1.82, 2.24) is 5.32 Å². The number of aromatic hydroxyl groups is 1. The largest absolute Gasteiger partial charge is 0.508 e. The van der Waals surface area contributed by atoms with E-state index < -0.39 is 0 Å². The van der Waals surface area contributed by atoms with Crippen LogP contribution >= 0.6 is 8.58 Å². The fourth-order valence-corrected chi connectivity index (χ4v) is 6.17. The molecule has 0 aromatic heterocycles. The predicted molar refractivity (Wildman–Crippen MR) is 145 cm³/mol. The molecule has 0 aliphatic heterocycles. The number of hydrogen-bond acceptors (Lipinski definition) is 2. The van der Waals surface area contributed by atoms with E-state index in [4.69, 9.17) is 0 Å². The quantitative estimate of drug-likeness (QED) is 0.330. The molecular formula is C30H40NOP. The predicted octanol–water partition coefficient (Wildman–Crippen LogP) is 7.20. The molecule has 3 rings (SSSR count). The van der Waals surface area contributed by atoms with Crippen LogP contribution in [0.5, 0.6) is 5.75 Å². The van der Waals surface area contributed by atoms with Gasteiger partial charge in [0.2, 0.25) is 0 Å². The van der Waals surface area contributed by atoms with Gasteiger partial charge in [-0.3, -0.25) is 0 Å². The minimum Gasteiger partial charge on any atom is -0.508 e. The molecule has 176 valence electrons. The normalized spacial score (nSPS) is 14.0. The Labute approximate surface area is 202 Å². The van der Waals surface area contributed by atoms with Crippen LogP contribution in [0.4, 0.5) is 0 Å². The summed E-state index contributed by atoms with van der Waals surface area (Å²) in [5.41, 5.74) is 6.35. The number of phenols is 1. The van der Waals surface area contributed by atoms with Gasteiger partial charge in [0.1, 0.15) is 5.75 Å². The van der Waals surface area contributed by atoms with Gasteiger partial charge >= 0.3 is 0 Å². The highest BCUT2D eigenvalue weighted by Crippen LogP contribution is 2.48. The number of nitrogens with one attached hydrogen (secondary N) is 1. The molecule has 2 atom stereocenters. The molecule has 0 radical (unpaired) electrons. The number of rotatable bonds is 9. The maximum absolute atomic E-state index is 11.0. The average Bonchev–Trinajstić information content (AvgIpc) is 2.75. The van der Waals surface area contributed by atoms with Crippen LogP contribution in [0.3, 0.4) is 0 Å². The molecule has 0 bridgehead atoms. The second kappa shape index (κ2) is 10.9. The van der Waals surface area contributed by atoms with E-state index in [9.17, 15) is 5.11 Å². The summed E-state index contributed by atoms with van der Waals surface area (Å²) in [6.45, 7) is 14.2. The molecule has 0 spiro atoms. The molecule has 3 heteroatoms. The Morgan fingerprint density at radius 1 is 0.879 bits per heavy atom. The molecule has 0 saturated carbocycles. The third-order valence-electron chi connectivity index (χ3n) is 6.14. The summed E-state index contributed by atoms with van der Waals surface area (Å²) in [4.78, 5) is 0. The van der Waals surface area contributed by atoms with Crippen molar-refractivity contribution in [3.63, 3.8) is 0 Å². The van der Waals surface area contributed by atoms with Crippen molar-refractivity contribution in [3.8, 4) is 5.75 Å². The molecule has 0 amide bonds. The summed E-state index contributed by atoms with van der Waals surface area (Å²) in [6, 6.07) is 23.6. The monoisotopic (exact) mass is 461 g/mol. The highest BCUT2D eigenvalue weighted by Gasteiger charge is 2.30. The molecule has 2 N–H and O–H groups in total. The van der Waals surface area contributed by atoms with Gasteiger partial charge < -0.3 is 10.4 Å². The van der Waals surface area contributed by atoms with E-state index in [0.29, 0.717) is 14.3 Å². The summed E-state index contributed by atoms with van der Waals surface area (Å²) in [7, 11) is 0.582. The van der Waals surface area contributed by atoms with Gasteiger partial charge in [-0.15, -0.1) is 0 Å². The van der Waals surface area contributed by atoms with Gasteiger partial charge in [-0.1, -0.05) is 95.1 Å². The lowest BCUT2D eigenvalue weighted by atomic mass is 9.91. The van der Waals surface area contributed by atoms with E-state index in [1.54, 1.807) is 0 Å². The van der Waals surface area contributed by atoms with Crippen molar-refractivity contribution in [2.45, 2.75) is 78.0 Å². The molecule has 0 heterocycles. The fraction of sp³-hybridized carbons (Fsp3) is 0.400. The molecule has 0 aliphatic carbocycles. The van der Waals surface area contributed by atoms with Crippen LogP contribution in [0.25, 0.3) is 0 Å². The lowest BCUT2D eigenvalue weighted by molar-refractivity contribution is 0.425. The van der Waals surface area contributed by atoms with E-state index in [1.807, 2.05) is 6.07 Å². The van der Waals surface area contributed by atoms with E-state index in [1.165, 1.54) is 27.6 Å². The third-order valence-corrected chi connectivity index (χ3v) is 7.97. The Bertz CT molecular complexity index is 1050. The van der Waals surface area contributed by atoms with E-state index in [2.05, 4.69) is 108 Å². The second-order valence-corrected chi connectivity index (χ2v) is 12.4. The molecule has 3 aromatic carbocycles. The van der Waals surface area contributed by atoms with E-state index in [0.717, 1.165) is 31.4 Å². The molecule has 0 fully saturated rings. The first kappa shape index (κ1) is 25.5. The first-order valence-electron chi connectivity index (χ1n) is 12.1.